The predicted octanol–water partition coefficient (Wildman–Crippen LogP) is 5.26. The van der Waals surface area contributed by atoms with Crippen molar-refractivity contribution in [2.24, 2.45) is 0 Å². The summed E-state index contributed by atoms with van der Waals surface area (Å²) in [5, 5.41) is 0. The SMILES string of the molecule is Fc1ccc(F)c(Oc2cc(Br)ccc2CCl)c1. The van der Waals surface area contributed by atoms with Crippen LogP contribution in [0.5, 0.6) is 11.5 Å². The van der Waals surface area contributed by atoms with E-state index in [1.807, 2.05) is 0 Å². The number of halogens is 4. The number of benzene rings is 2. The summed E-state index contributed by atoms with van der Waals surface area (Å²) in [5.74, 6) is -0.742. The summed E-state index contributed by atoms with van der Waals surface area (Å²) < 4.78 is 32.6. The van der Waals surface area contributed by atoms with Gasteiger partial charge in [0.05, 0.1) is 5.88 Å². The second-order valence-electron chi connectivity index (χ2n) is 3.56. The highest BCUT2D eigenvalue weighted by molar-refractivity contribution is 9.10. The second-order valence-corrected chi connectivity index (χ2v) is 4.75. The van der Waals surface area contributed by atoms with Crippen molar-refractivity contribution in [2.75, 3.05) is 0 Å². The topological polar surface area (TPSA) is 9.23 Å². The average Bonchev–Trinajstić information content (AvgIpc) is 2.34. The molecule has 18 heavy (non-hydrogen) atoms. The van der Waals surface area contributed by atoms with Crippen molar-refractivity contribution in [2.45, 2.75) is 5.88 Å². The molecular weight excluding hydrogens is 325 g/mol. The van der Waals surface area contributed by atoms with Gasteiger partial charge in [0, 0.05) is 16.1 Å². The molecule has 0 spiro atoms. The molecule has 0 aliphatic heterocycles. The normalized spacial score (nSPS) is 10.4. The standard InChI is InChI=1S/C13H8BrClF2O/c14-9-2-1-8(7-15)12(5-9)18-13-6-10(16)3-4-11(13)17/h1-6H,7H2. The first-order valence-corrected chi connectivity index (χ1v) is 6.40. The molecule has 0 radical (unpaired) electrons. The molecule has 5 heteroatoms. The van der Waals surface area contributed by atoms with E-state index in [4.69, 9.17) is 16.3 Å². The lowest BCUT2D eigenvalue weighted by atomic mass is 10.2. The van der Waals surface area contributed by atoms with Crippen molar-refractivity contribution < 1.29 is 13.5 Å². The van der Waals surface area contributed by atoms with Crippen LogP contribution >= 0.6 is 27.5 Å². The van der Waals surface area contributed by atoms with Crippen molar-refractivity contribution >= 4 is 27.5 Å². The Morgan fingerprint density at radius 2 is 1.83 bits per heavy atom. The highest BCUT2D eigenvalue weighted by Gasteiger charge is 2.10. The van der Waals surface area contributed by atoms with Gasteiger partial charge in [-0.1, -0.05) is 22.0 Å². The zero-order valence-electron chi connectivity index (χ0n) is 9.09. The average molecular weight is 334 g/mol. The lowest BCUT2D eigenvalue weighted by Crippen LogP contribution is -1.93. The Morgan fingerprint density at radius 1 is 1.06 bits per heavy atom. The van der Waals surface area contributed by atoms with Gasteiger partial charge in [0.1, 0.15) is 11.6 Å². The largest absolute Gasteiger partial charge is 0.454 e. The molecule has 0 atom stereocenters. The van der Waals surface area contributed by atoms with E-state index in [1.165, 1.54) is 0 Å². The van der Waals surface area contributed by atoms with Crippen LogP contribution < -0.4 is 4.74 Å². The molecule has 0 N–H and O–H groups in total. The van der Waals surface area contributed by atoms with Gasteiger partial charge in [-0.15, -0.1) is 11.6 Å². The van der Waals surface area contributed by atoms with Crippen LogP contribution in [0.25, 0.3) is 0 Å². The summed E-state index contributed by atoms with van der Waals surface area (Å²) in [4.78, 5) is 0. The van der Waals surface area contributed by atoms with E-state index in [0.29, 0.717) is 11.3 Å². The lowest BCUT2D eigenvalue weighted by Gasteiger charge is -2.10. The Balaban J connectivity index is 2.38. The smallest absolute Gasteiger partial charge is 0.165 e. The fourth-order valence-electron chi connectivity index (χ4n) is 1.41. The first-order chi connectivity index (χ1) is 8.60. The first kappa shape index (κ1) is 13.3. The second kappa shape index (κ2) is 5.67. The molecule has 0 saturated carbocycles. The highest BCUT2D eigenvalue weighted by Crippen LogP contribution is 2.31. The molecule has 0 heterocycles. The number of hydrogen-bond acceptors (Lipinski definition) is 1. The summed E-state index contributed by atoms with van der Waals surface area (Å²) in [5.41, 5.74) is 0.698. The summed E-state index contributed by atoms with van der Waals surface area (Å²) in [6.07, 6.45) is 0. The van der Waals surface area contributed by atoms with Crippen LogP contribution in [-0.4, -0.2) is 0 Å². The number of alkyl halides is 1. The summed E-state index contributed by atoms with van der Waals surface area (Å²) in [7, 11) is 0. The molecule has 1 nitrogen and oxygen atoms in total. The molecule has 0 saturated heterocycles. The molecule has 0 bridgehead atoms. The fraction of sp³-hybridized carbons (Fsp3) is 0.0769. The monoisotopic (exact) mass is 332 g/mol. The maximum absolute atomic E-state index is 13.5. The van der Waals surface area contributed by atoms with Gasteiger partial charge in [-0.05, 0) is 24.3 Å². The fourth-order valence-corrected chi connectivity index (χ4v) is 1.97. The van der Waals surface area contributed by atoms with Crippen molar-refractivity contribution in [1.82, 2.24) is 0 Å². The van der Waals surface area contributed by atoms with Gasteiger partial charge in [0.15, 0.2) is 11.6 Å². The highest BCUT2D eigenvalue weighted by atomic mass is 79.9. The van der Waals surface area contributed by atoms with Crippen LogP contribution in [0.15, 0.2) is 40.9 Å². The van der Waals surface area contributed by atoms with E-state index >= 15 is 0 Å². The number of ether oxygens (including phenoxy) is 1. The van der Waals surface area contributed by atoms with E-state index < -0.39 is 11.6 Å². The molecule has 2 aromatic rings. The van der Waals surface area contributed by atoms with E-state index in [0.717, 1.165) is 22.7 Å². The van der Waals surface area contributed by atoms with Gasteiger partial charge in [-0.2, -0.15) is 0 Å². The van der Waals surface area contributed by atoms with Crippen molar-refractivity contribution in [3.05, 3.63) is 58.1 Å². The third-order valence-corrected chi connectivity index (χ3v) is 3.07. The Kier molecular flexibility index (Phi) is 4.19. The zero-order chi connectivity index (χ0) is 13.1. The van der Waals surface area contributed by atoms with Crippen LogP contribution in [-0.2, 0) is 5.88 Å². The van der Waals surface area contributed by atoms with Crippen molar-refractivity contribution in [3.8, 4) is 11.5 Å². The van der Waals surface area contributed by atoms with Gasteiger partial charge in [0.2, 0.25) is 0 Å². The molecule has 0 aromatic heterocycles. The summed E-state index contributed by atoms with van der Waals surface area (Å²) >= 11 is 9.04. The van der Waals surface area contributed by atoms with Gasteiger partial charge in [0.25, 0.3) is 0 Å². The van der Waals surface area contributed by atoms with Crippen LogP contribution in [0.1, 0.15) is 5.56 Å². The van der Waals surface area contributed by atoms with Gasteiger partial charge in [-0.25, -0.2) is 8.78 Å². The van der Waals surface area contributed by atoms with E-state index in [-0.39, 0.29) is 11.6 Å². The quantitative estimate of drug-likeness (QED) is 0.696. The molecule has 0 unspecified atom stereocenters. The Bertz CT molecular complexity index is 575. The molecule has 94 valence electrons. The van der Waals surface area contributed by atoms with Gasteiger partial charge >= 0.3 is 0 Å². The predicted molar refractivity (Wildman–Crippen MR) is 70.1 cm³/mol. The zero-order valence-corrected chi connectivity index (χ0v) is 11.4. The molecule has 2 rings (SSSR count). The number of hydrogen-bond donors (Lipinski definition) is 0. The number of rotatable bonds is 3. The van der Waals surface area contributed by atoms with E-state index in [2.05, 4.69) is 15.9 Å². The van der Waals surface area contributed by atoms with Crippen LogP contribution in [0, 0.1) is 11.6 Å². The van der Waals surface area contributed by atoms with E-state index in [9.17, 15) is 8.78 Å². The summed E-state index contributed by atoms with van der Waals surface area (Å²) in [6, 6.07) is 8.25. The minimum atomic E-state index is -0.628. The van der Waals surface area contributed by atoms with Crippen molar-refractivity contribution in [1.29, 1.82) is 0 Å². The lowest BCUT2D eigenvalue weighted by molar-refractivity contribution is 0.433. The van der Waals surface area contributed by atoms with Gasteiger partial charge in [-0.3, -0.25) is 0 Å². The minimum absolute atomic E-state index is 0.167. The van der Waals surface area contributed by atoms with Crippen LogP contribution in [0.3, 0.4) is 0 Å². The molecule has 2 aromatic carbocycles. The Hall–Kier alpha value is -1.13. The molecular formula is C13H8BrClF2O. The third kappa shape index (κ3) is 3.00. The summed E-state index contributed by atoms with van der Waals surface area (Å²) in [6.45, 7) is 0. The van der Waals surface area contributed by atoms with Crippen LogP contribution in [0.2, 0.25) is 0 Å². The Labute approximate surface area is 116 Å². The maximum Gasteiger partial charge on any atom is 0.165 e. The molecule has 0 aliphatic carbocycles. The van der Waals surface area contributed by atoms with Crippen molar-refractivity contribution in [3.63, 3.8) is 0 Å². The molecule has 0 fully saturated rings. The minimum Gasteiger partial charge on any atom is -0.454 e. The molecule has 0 amide bonds. The van der Waals surface area contributed by atoms with Crippen LogP contribution in [0.4, 0.5) is 8.78 Å². The third-order valence-electron chi connectivity index (χ3n) is 2.29. The Morgan fingerprint density at radius 3 is 2.56 bits per heavy atom. The van der Waals surface area contributed by atoms with Gasteiger partial charge < -0.3 is 4.74 Å². The maximum atomic E-state index is 13.5. The van der Waals surface area contributed by atoms with E-state index in [1.54, 1.807) is 18.2 Å². The molecule has 0 aliphatic rings. The first-order valence-electron chi connectivity index (χ1n) is 5.07.